The van der Waals surface area contributed by atoms with Gasteiger partial charge in [0, 0.05) is 34.1 Å². The lowest BCUT2D eigenvalue weighted by atomic mass is 10.0. The Morgan fingerprint density at radius 1 is 0.550 bits per heavy atom. The first-order chi connectivity index (χ1) is 19.6. The molecule has 40 heavy (non-hydrogen) atoms. The Morgan fingerprint density at radius 3 is 1.43 bits per heavy atom. The first-order valence-electron chi connectivity index (χ1n) is 14.1. The average molecular weight is 525 g/mol. The van der Waals surface area contributed by atoms with Gasteiger partial charge in [0.2, 0.25) is 0 Å². The highest BCUT2D eigenvalue weighted by Crippen LogP contribution is 2.35. The molecule has 0 aliphatic heterocycles. The fourth-order valence-corrected chi connectivity index (χ4v) is 4.86. The summed E-state index contributed by atoms with van der Waals surface area (Å²) in [7, 11) is 0. The van der Waals surface area contributed by atoms with Crippen LogP contribution in [0.5, 0.6) is 0 Å². The Labute approximate surface area is 240 Å². The SMILES string of the molecule is C/C=C\C(=C/C)N(c1ccccc1)c1ccc(-c2ccc(N(C(/C=C\C)=C/CC)c3ccc(C)cc3)cc2)cc1. The molecular weight excluding hydrogens is 484 g/mol. The summed E-state index contributed by atoms with van der Waals surface area (Å²) >= 11 is 0. The molecule has 4 aromatic carbocycles. The van der Waals surface area contributed by atoms with Crippen LogP contribution in [0.15, 0.2) is 151 Å². The zero-order valence-corrected chi connectivity index (χ0v) is 24.4. The second kappa shape index (κ2) is 14.0. The molecule has 0 atom stereocenters. The molecule has 0 bridgehead atoms. The van der Waals surface area contributed by atoms with Crippen LogP contribution in [0.2, 0.25) is 0 Å². The van der Waals surface area contributed by atoms with Gasteiger partial charge in [0.25, 0.3) is 0 Å². The molecular formula is C38H40N2. The molecule has 0 amide bonds. The van der Waals surface area contributed by atoms with Crippen molar-refractivity contribution < 1.29 is 0 Å². The van der Waals surface area contributed by atoms with Crippen LogP contribution in [0.4, 0.5) is 22.7 Å². The summed E-state index contributed by atoms with van der Waals surface area (Å²) in [5, 5.41) is 0. The fourth-order valence-electron chi connectivity index (χ4n) is 4.86. The van der Waals surface area contributed by atoms with Crippen molar-refractivity contribution in [3.63, 3.8) is 0 Å². The van der Waals surface area contributed by atoms with Gasteiger partial charge >= 0.3 is 0 Å². The lowest BCUT2D eigenvalue weighted by Gasteiger charge is -2.27. The van der Waals surface area contributed by atoms with Gasteiger partial charge in [-0.2, -0.15) is 0 Å². The van der Waals surface area contributed by atoms with Gasteiger partial charge in [0.15, 0.2) is 0 Å². The Hall–Kier alpha value is -4.56. The molecule has 202 valence electrons. The normalized spacial score (nSPS) is 12.3. The highest BCUT2D eigenvalue weighted by molar-refractivity contribution is 5.76. The summed E-state index contributed by atoms with van der Waals surface area (Å²) in [5.41, 5.74) is 10.5. The molecule has 0 aromatic heterocycles. The lowest BCUT2D eigenvalue weighted by Crippen LogP contribution is -2.15. The molecule has 0 radical (unpaired) electrons. The van der Waals surface area contributed by atoms with Gasteiger partial charge in [0.05, 0.1) is 0 Å². The van der Waals surface area contributed by atoms with E-state index in [1.807, 2.05) is 0 Å². The highest BCUT2D eigenvalue weighted by atomic mass is 15.2. The summed E-state index contributed by atoms with van der Waals surface area (Å²) in [6.45, 7) is 10.5. The van der Waals surface area contributed by atoms with Crippen molar-refractivity contribution in [2.24, 2.45) is 0 Å². The zero-order valence-electron chi connectivity index (χ0n) is 24.4. The van der Waals surface area contributed by atoms with E-state index in [0.717, 1.165) is 34.9 Å². The van der Waals surface area contributed by atoms with Crippen LogP contribution in [0.1, 0.15) is 39.7 Å². The number of anilines is 4. The monoisotopic (exact) mass is 524 g/mol. The third-order valence-corrected chi connectivity index (χ3v) is 6.79. The summed E-state index contributed by atoms with van der Waals surface area (Å²) in [4.78, 5) is 4.61. The minimum atomic E-state index is 0.968. The Kier molecular flexibility index (Phi) is 9.96. The van der Waals surface area contributed by atoms with Gasteiger partial charge in [-0.25, -0.2) is 0 Å². The quantitative estimate of drug-likeness (QED) is 0.190. The number of hydrogen-bond donors (Lipinski definition) is 0. The van der Waals surface area contributed by atoms with Crippen molar-refractivity contribution >= 4 is 22.7 Å². The maximum atomic E-state index is 2.33. The van der Waals surface area contributed by atoms with Crippen molar-refractivity contribution in [2.45, 2.75) is 41.0 Å². The van der Waals surface area contributed by atoms with Crippen LogP contribution in [-0.2, 0) is 0 Å². The highest BCUT2D eigenvalue weighted by Gasteiger charge is 2.15. The van der Waals surface area contributed by atoms with E-state index in [1.54, 1.807) is 0 Å². The summed E-state index contributed by atoms with van der Waals surface area (Å²) < 4.78 is 0. The van der Waals surface area contributed by atoms with Gasteiger partial charge < -0.3 is 9.80 Å². The van der Waals surface area contributed by atoms with Gasteiger partial charge in [-0.1, -0.05) is 91.4 Å². The zero-order chi connectivity index (χ0) is 28.3. The smallest absolute Gasteiger partial charge is 0.0461 e. The van der Waals surface area contributed by atoms with Crippen LogP contribution < -0.4 is 9.80 Å². The first kappa shape index (κ1) is 28.4. The Bertz CT molecular complexity index is 1470. The number of hydrogen-bond acceptors (Lipinski definition) is 2. The standard InChI is InChI=1S/C38H40N2/c1-6-13-33(9-4)39(35-16-11-10-12-17-35)37-26-20-31(21-27-37)32-22-28-38(29-23-32)40(34(14-7-2)15-8-3)36-24-18-30(5)19-25-36/h6-7,9-29H,8H2,1-5H3/b13-6-,14-7-,33-9+,34-15+. The van der Waals surface area contributed by atoms with E-state index in [9.17, 15) is 0 Å². The molecule has 0 aliphatic rings. The molecule has 4 aromatic rings. The van der Waals surface area contributed by atoms with Crippen molar-refractivity contribution in [1.82, 2.24) is 0 Å². The maximum Gasteiger partial charge on any atom is 0.0461 e. The largest absolute Gasteiger partial charge is 0.311 e. The van der Waals surface area contributed by atoms with E-state index >= 15 is 0 Å². The second-order valence-corrected chi connectivity index (χ2v) is 9.69. The summed E-state index contributed by atoms with van der Waals surface area (Å²) in [5.74, 6) is 0. The predicted octanol–water partition coefficient (Wildman–Crippen LogP) is 11.3. The Balaban J connectivity index is 1.68. The van der Waals surface area contributed by atoms with Crippen LogP contribution >= 0.6 is 0 Å². The Morgan fingerprint density at radius 2 is 0.975 bits per heavy atom. The predicted molar refractivity (Wildman–Crippen MR) is 176 cm³/mol. The number of aryl methyl sites for hydroxylation is 1. The van der Waals surface area contributed by atoms with Crippen molar-refractivity contribution in [1.29, 1.82) is 0 Å². The van der Waals surface area contributed by atoms with E-state index in [2.05, 4.69) is 184 Å². The van der Waals surface area contributed by atoms with Crippen molar-refractivity contribution in [3.8, 4) is 11.1 Å². The average Bonchev–Trinajstić information content (AvgIpc) is 2.99. The molecule has 2 nitrogen and oxygen atoms in total. The van der Waals surface area contributed by atoms with Crippen LogP contribution in [0.25, 0.3) is 11.1 Å². The van der Waals surface area contributed by atoms with E-state index in [1.165, 1.54) is 22.4 Å². The van der Waals surface area contributed by atoms with Crippen molar-refractivity contribution in [2.75, 3.05) is 9.80 Å². The lowest BCUT2D eigenvalue weighted by molar-refractivity contribution is 1.13. The third-order valence-electron chi connectivity index (χ3n) is 6.79. The first-order valence-corrected chi connectivity index (χ1v) is 14.1. The second-order valence-electron chi connectivity index (χ2n) is 9.69. The van der Waals surface area contributed by atoms with E-state index in [4.69, 9.17) is 0 Å². The number of benzene rings is 4. The molecule has 2 heteroatoms. The van der Waals surface area contributed by atoms with Crippen LogP contribution in [0, 0.1) is 6.92 Å². The topological polar surface area (TPSA) is 6.48 Å². The number of para-hydroxylation sites is 1. The van der Waals surface area contributed by atoms with E-state index in [0.29, 0.717) is 0 Å². The van der Waals surface area contributed by atoms with Gasteiger partial charge in [0.1, 0.15) is 0 Å². The van der Waals surface area contributed by atoms with Crippen LogP contribution in [0.3, 0.4) is 0 Å². The molecule has 0 heterocycles. The van der Waals surface area contributed by atoms with Crippen molar-refractivity contribution in [3.05, 3.63) is 157 Å². The molecule has 0 unspecified atom stereocenters. The van der Waals surface area contributed by atoms with E-state index < -0.39 is 0 Å². The van der Waals surface area contributed by atoms with Gasteiger partial charge in [-0.05, 0) is 106 Å². The minimum absolute atomic E-state index is 0.968. The molecule has 0 fully saturated rings. The summed E-state index contributed by atoms with van der Waals surface area (Å²) in [6, 6.07) is 37.0. The van der Waals surface area contributed by atoms with Gasteiger partial charge in [-0.3, -0.25) is 0 Å². The molecule has 0 aliphatic carbocycles. The molecule has 0 N–H and O–H groups in total. The maximum absolute atomic E-state index is 2.33. The number of rotatable bonds is 10. The number of allylic oxidation sites excluding steroid dienone is 6. The van der Waals surface area contributed by atoms with E-state index in [-0.39, 0.29) is 0 Å². The fraction of sp³-hybridized carbons (Fsp3) is 0.158. The van der Waals surface area contributed by atoms with Gasteiger partial charge in [-0.15, -0.1) is 0 Å². The molecule has 0 saturated heterocycles. The summed E-state index contributed by atoms with van der Waals surface area (Å²) in [6.07, 6.45) is 13.9. The minimum Gasteiger partial charge on any atom is -0.311 e. The molecule has 4 rings (SSSR count). The number of nitrogens with zero attached hydrogens (tertiary/aromatic N) is 2. The third kappa shape index (κ3) is 6.71. The molecule has 0 saturated carbocycles. The molecule has 0 spiro atoms. The van der Waals surface area contributed by atoms with Crippen LogP contribution in [-0.4, -0.2) is 0 Å².